The van der Waals surface area contributed by atoms with Crippen molar-refractivity contribution < 1.29 is 29.9 Å². The zero-order valence-electron chi connectivity index (χ0n) is 9.32. The van der Waals surface area contributed by atoms with Gasteiger partial charge in [-0.15, -0.1) is 0 Å². The summed E-state index contributed by atoms with van der Waals surface area (Å²) in [6, 6.07) is 0. The summed E-state index contributed by atoms with van der Waals surface area (Å²) < 4.78 is 10.4. The third kappa shape index (κ3) is 3.13. The minimum absolute atomic E-state index is 0.402. The van der Waals surface area contributed by atoms with Crippen molar-refractivity contribution in [2.24, 2.45) is 0 Å². The van der Waals surface area contributed by atoms with Gasteiger partial charge in [0.05, 0.1) is 6.61 Å². The van der Waals surface area contributed by atoms with Gasteiger partial charge in [-0.3, -0.25) is 0 Å². The molecule has 0 aromatic heterocycles. The topological polar surface area (TPSA) is 99.4 Å². The predicted octanol–water partition coefficient (Wildman–Crippen LogP) is -1.40. The van der Waals surface area contributed by atoms with Gasteiger partial charge in [0.15, 0.2) is 6.29 Å². The fourth-order valence-electron chi connectivity index (χ4n) is 1.55. The molecule has 6 nitrogen and oxygen atoms in total. The second kappa shape index (κ2) is 6.48. The van der Waals surface area contributed by atoms with Gasteiger partial charge in [-0.1, -0.05) is 13.3 Å². The standard InChI is InChI=1S/C10H20O6/c1-2-3-4-15-10-9(14)8(13)7(12)6(5-11)16-10/h6-14H,2-5H2,1H3/t6?,7-,8-,9?,10-/m0/s1. The van der Waals surface area contributed by atoms with Gasteiger partial charge in [0.2, 0.25) is 0 Å². The highest BCUT2D eigenvalue weighted by Crippen LogP contribution is 2.21. The van der Waals surface area contributed by atoms with Gasteiger partial charge < -0.3 is 29.9 Å². The van der Waals surface area contributed by atoms with E-state index in [-0.39, 0.29) is 0 Å². The molecule has 1 rings (SSSR count). The minimum Gasteiger partial charge on any atom is -0.394 e. The molecule has 2 unspecified atom stereocenters. The van der Waals surface area contributed by atoms with E-state index < -0.39 is 37.3 Å². The number of unbranched alkanes of at least 4 members (excludes halogenated alkanes) is 1. The van der Waals surface area contributed by atoms with Gasteiger partial charge in [0, 0.05) is 6.61 Å². The fraction of sp³-hybridized carbons (Fsp3) is 1.00. The van der Waals surface area contributed by atoms with Crippen molar-refractivity contribution in [2.75, 3.05) is 13.2 Å². The number of hydrogen-bond donors (Lipinski definition) is 4. The Morgan fingerprint density at radius 3 is 2.38 bits per heavy atom. The molecule has 1 fully saturated rings. The summed E-state index contributed by atoms with van der Waals surface area (Å²) in [5.74, 6) is 0. The normalized spacial score (nSPS) is 39.9. The van der Waals surface area contributed by atoms with Crippen LogP contribution in [0.2, 0.25) is 0 Å². The van der Waals surface area contributed by atoms with Crippen LogP contribution < -0.4 is 0 Å². The van der Waals surface area contributed by atoms with Crippen molar-refractivity contribution in [2.45, 2.75) is 50.5 Å². The Labute approximate surface area is 94.4 Å². The molecule has 0 aliphatic carbocycles. The maximum Gasteiger partial charge on any atom is 0.186 e. The molecule has 0 amide bonds. The molecule has 0 saturated carbocycles. The lowest BCUT2D eigenvalue weighted by Crippen LogP contribution is -2.59. The molecule has 0 aromatic rings. The van der Waals surface area contributed by atoms with E-state index in [9.17, 15) is 15.3 Å². The molecule has 1 heterocycles. The summed E-state index contributed by atoms with van der Waals surface area (Å²) in [5, 5.41) is 37.5. The van der Waals surface area contributed by atoms with Gasteiger partial charge in [-0.2, -0.15) is 0 Å². The molecule has 5 atom stereocenters. The summed E-state index contributed by atoms with van der Waals surface area (Å²) in [4.78, 5) is 0. The van der Waals surface area contributed by atoms with Crippen molar-refractivity contribution in [3.63, 3.8) is 0 Å². The summed E-state index contributed by atoms with van der Waals surface area (Å²) >= 11 is 0. The molecule has 0 spiro atoms. The Balaban J connectivity index is 2.50. The molecular weight excluding hydrogens is 216 g/mol. The van der Waals surface area contributed by atoms with E-state index >= 15 is 0 Å². The molecule has 1 aliphatic rings. The second-order valence-electron chi connectivity index (χ2n) is 3.92. The van der Waals surface area contributed by atoms with Crippen LogP contribution in [0.15, 0.2) is 0 Å². The van der Waals surface area contributed by atoms with Crippen LogP contribution in [0.1, 0.15) is 19.8 Å². The Bertz CT molecular complexity index is 198. The Kier molecular flexibility index (Phi) is 5.60. The van der Waals surface area contributed by atoms with Crippen molar-refractivity contribution in [3.8, 4) is 0 Å². The third-order valence-electron chi connectivity index (χ3n) is 2.63. The zero-order chi connectivity index (χ0) is 12.1. The van der Waals surface area contributed by atoms with Crippen LogP contribution in [0, 0.1) is 0 Å². The monoisotopic (exact) mass is 236 g/mol. The van der Waals surface area contributed by atoms with Crippen molar-refractivity contribution in [3.05, 3.63) is 0 Å². The largest absolute Gasteiger partial charge is 0.394 e. The van der Waals surface area contributed by atoms with Crippen molar-refractivity contribution >= 4 is 0 Å². The minimum atomic E-state index is -1.36. The molecule has 0 radical (unpaired) electrons. The van der Waals surface area contributed by atoms with E-state index in [4.69, 9.17) is 14.6 Å². The lowest BCUT2D eigenvalue weighted by molar-refractivity contribution is -0.301. The van der Waals surface area contributed by atoms with E-state index in [1.807, 2.05) is 6.92 Å². The first kappa shape index (κ1) is 13.8. The van der Waals surface area contributed by atoms with Crippen molar-refractivity contribution in [1.29, 1.82) is 0 Å². The summed E-state index contributed by atoms with van der Waals surface area (Å²) in [5.41, 5.74) is 0. The first-order chi connectivity index (χ1) is 7.61. The molecule has 16 heavy (non-hydrogen) atoms. The summed E-state index contributed by atoms with van der Waals surface area (Å²) in [6.07, 6.45) is -4.13. The molecular formula is C10H20O6. The first-order valence-electron chi connectivity index (χ1n) is 5.54. The number of rotatable bonds is 5. The number of aliphatic hydroxyl groups is 4. The van der Waals surface area contributed by atoms with Crippen LogP contribution in [0.4, 0.5) is 0 Å². The van der Waals surface area contributed by atoms with Crippen LogP contribution in [0.25, 0.3) is 0 Å². The highest BCUT2D eigenvalue weighted by molar-refractivity contribution is 4.88. The van der Waals surface area contributed by atoms with Crippen LogP contribution in [0.3, 0.4) is 0 Å². The molecule has 1 aliphatic heterocycles. The van der Waals surface area contributed by atoms with E-state index in [1.54, 1.807) is 0 Å². The second-order valence-corrected chi connectivity index (χ2v) is 3.92. The molecule has 96 valence electrons. The molecule has 6 heteroatoms. The summed E-state index contributed by atoms with van der Waals surface area (Å²) in [7, 11) is 0. The van der Waals surface area contributed by atoms with Crippen LogP contribution in [-0.2, 0) is 9.47 Å². The van der Waals surface area contributed by atoms with E-state index in [0.717, 1.165) is 12.8 Å². The maximum absolute atomic E-state index is 9.58. The number of hydrogen-bond acceptors (Lipinski definition) is 6. The molecule has 1 saturated heterocycles. The van der Waals surface area contributed by atoms with Gasteiger partial charge in [-0.25, -0.2) is 0 Å². The molecule has 0 bridgehead atoms. The lowest BCUT2D eigenvalue weighted by atomic mass is 9.99. The lowest BCUT2D eigenvalue weighted by Gasteiger charge is -2.39. The maximum atomic E-state index is 9.58. The van der Waals surface area contributed by atoms with Gasteiger partial charge in [0.1, 0.15) is 24.4 Å². The average molecular weight is 236 g/mol. The third-order valence-corrected chi connectivity index (χ3v) is 2.63. The molecule has 0 aromatic carbocycles. The quantitative estimate of drug-likeness (QED) is 0.438. The van der Waals surface area contributed by atoms with E-state index in [1.165, 1.54) is 0 Å². The smallest absolute Gasteiger partial charge is 0.186 e. The zero-order valence-corrected chi connectivity index (χ0v) is 9.32. The van der Waals surface area contributed by atoms with Crippen LogP contribution in [-0.4, -0.2) is 64.3 Å². The Morgan fingerprint density at radius 1 is 1.12 bits per heavy atom. The Hall–Kier alpha value is -0.240. The van der Waals surface area contributed by atoms with E-state index in [0.29, 0.717) is 6.61 Å². The fourth-order valence-corrected chi connectivity index (χ4v) is 1.55. The first-order valence-corrected chi connectivity index (χ1v) is 5.54. The highest BCUT2D eigenvalue weighted by Gasteiger charge is 2.43. The Morgan fingerprint density at radius 2 is 1.81 bits per heavy atom. The van der Waals surface area contributed by atoms with Gasteiger partial charge in [-0.05, 0) is 6.42 Å². The van der Waals surface area contributed by atoms with Gasteiger partial charge in [0.25, 0.3) is 0 Å². The average Bonchev–Trinajstić information content (AvgIpc) is 2.29. The highest BCUT2D eigenvalue weighted by atomic mass is 16.7. The SMILES string of the molecule is CCCCO[C@H]1OC(CO)[C@H](O)[C@H](O)C1O. The van der Waals surface area contributed by atoms with Gasteiger partial charge >= 0.3 is 0 Å². The van der Waals surface area contributed by atoms with E-state index in [2.05, 4.69) is 0 Å². The number of aliphatic hydroxyl groups excluding tert-OH is 4. The van der Waals surface area contributed by atoms with Crippen molar-refractivity contribution in [1.82, 2.24) is 0 Å². The molecule has 4 N–H and O–H groups in total. The van der Waals surface area contributed by atoms with Crippen LogP contribution in [0.5, 0.6) is 0 Å². The predicted molar refractivity (Wildman–Crippen MR) is 54.6 cm³/mol. The number of ether oxygens (including phenoxy) is 2. The summed E-state index contributed by atoms with van der Waals surface area (Å²) in [6.45, 7) is 1.97. The van der Waals surface area contributed by atoms with Crippen LogP contribution >= 0.6 is 0 Å².